The molecule has 3 atom stereocenters. The van der Waals surface area contributed by atoms with Gasteiger partial charge >= 0.3 is 0 Å². The zero-order valence-electron chi connectivity index (χ0n) is 11.4. The number of carbonyl (C=O) groups is 1. The van der Waals surface area contributed by atoms with Crippen molar-refractivity contribution in [3.05, 3.63) is 23.3 Å². The summed E-state index contributed by atoms with van der Waals surface area (Å²) >= 11 is 0. The summed E-state index contributed by atoms with van der Waals surface area (Å²) < 4.78 is 0. The molecule has 0 amide bonds. The lowest BCUT2D eigenvalue weighted by molar-refractivity contribution is -0.118. The topological polar surface area (TPSA) is 37.3 Å². The highest BCUT2D eigenvalue weighted by Crippen LogP contribution is 2.30. The van der Waals surface area contributed by atoms with E-state index < -0.39 is 6.10 Å². The SMILES string of the molecule is CC(C)=CCC[C@H](C)[C@H]1CC(=O)C(C)=C[C@@H]1O. The molecule has 0 saturated carbocycles. The Balaban J connectivity index is 2.55. The van der Waals surface area contributed by atoms with Gasteiger partial charge in [0, 0.05) is 6.42 Å². The highest BCUT2D eigenvalue weighted by molar-refractivity contribution is 5.95. The highest BCUT2D eigenvalue weighted by Gasteiger charge is 2.30. The van der Waals surface area contributed by atoms with E-state index in [1.54, 1.807) is 13.0 Å². The average Bonchev–Trinajstić information content (AvgIpc) is 2.22. The van der Waals surface area contributed by atoms with E-state index in [9.17, 15) is 9.90 Å². The summed E-state index contributed by atoms with van der Waals surface area (Å²) in [4.78, 5) is 11.6. The third-order valence-corrected chi connectivity index (χ3v) is 3.63. The molecule has 1 aliphatic rings. The van der Waals surface area contributed by atoms with Gasteiger partial charge in [-0.2, -0.15) is 0 Å². The standard InChI is InChI=1S/C15H24O2/c1-10(2)6-5-7-11(3)13-9-14(16)12(4)8-15(13)17/h6,8,11,13,15,17H,5,7,9H2,1-4H3/t11-,13+,15-/m0/s1. The minimum atomic E-state index is -0.450. The number of aliphatic hydroxyl groups excluding tert-OH is 1. The first-order valence-electron chi connectivity index (χ1n) is 6.45. The maximum absolute atomic E-state index is 11.6. The first kappa shape index (κ1) is 14.2. The van der Waals surface area contributed by atoms with Gasteiger partial charge in [0.1, 0.15) is 0 Å². The van der Waals surface area contributed by atoms with Crippen LogP contribution >= 0.6 is 0 Å². The van der Waals surface area contributed by atoms with Crippen LogP contribution in [0.1, 0.15) is 47.0 Å². The molecule has 0 heterocycles. The molecular formula is C15H24O2. The van der Waals surface area contributed by atoms with Crippen LogP contribution in [0.4, 0.5) is 0 Å². The van der Waals surface area contributed by atoms with Gasteiger partial charge in [-0.25, -0.2) is 0 Å². The summed E-state index contributed by atoms with van der Waals surface area (Å²) in [6, 6.07) is 0. The zero-order valence-corrected chi connectivity index (χ0v) is 11.4. The van der Waals surface area contributed by atoms with Crippen LogP contribution in [-0.4, -0.2) is 17.0 Å². The fraction of sp³-hybridized carbons (Fsp3) is 0.667. The van der Waals surface area contributed by atoms with Crippen molar-refractivity contribution in [3.8, 4) is 0 Å². The summed E-state index contributed by atoms with van der Waals surface area (Å²) in [6.45, 7) is 8.11. The fourth-order valence-electron chi connectivity index (χ4n) is 2.36. The van der Waals surface area contributed by atoms with Gasteiger partial charge in [0.15, 0.2) is 5.78 Å². The molecule has 0 radical (unpaired) electrons. The Hall–Kier alpha value is -0.890. The Morgan fingerprint density at radius 2 is 2.24 bits per heavy atom. The molecule has 0 aromatic heterocycles. The summed E-state index contributed by atoms with van der Waals surface area (Å²) in [5.41, 5.74) is 2.04. The predicted molar refractivity (Wildman–Crippen MR) is 70.7 cm³/mol. The number of hydrogen-bond donors (Lipinski definition) is 1. The van der Waals surface area contributed by atoms with Crippen molar-refractivity contribution in [2.75, 3.05) is 0 Å². The number of allylic oxidation sites excluding steroid dienone is 3. The van der Waals surface area contributed by atoms with Gasteiger partial charge in [-0.15, -0.1) is 0 Å². The lowest BCUT2D eigenvalue weighted by Crippen LogP contribution is -2.32. The minimum Gasteiger partial charge on any atom is -0.389 e. The van der Waals surface area contributed by atoms with Crippen LogP contribution in [0.2, 0.25) is 0 Å². The van der Waals surface area contributed by atoms with E-state index in [-0.39, 0.29) is 11.7 Å². The quantitative estimate of drug-likeness (QED) is 0.761. The van der Waals surface area contributed by atoms with Crippen LogP contribution in [0.3, 0.4) is 0 Å². The van der Waals surface area contributed by atoms with E-state index in [1.165, 1.54) is 5.57 Å². The molecule has 0 saturated heterocycles. The Kier molecular flexibility index (Phi) is 5.13. The van der Waals surface area contributed by atoms with Crippen molar-refractivity contribution in [1.82, 2.24) is 0 Å². The molecule has 2 heteroatoms. The van der Waals surface area contributed by atoms with Gasteiger partial charge < -0.3 is 5.11 Å². The van der Waals surface area contributed by atoms with Crippen molar-refractivity contribution in [2.45, 2.75) is 53.1 Å². The van der Waals surface area contributed by atoms with Gasteiger partial charge in [-0.1, -0.05) is 18.6 Å². The van der Waals surface area contributed by atoms with E-state index in [0.717, 1.165) is 12.8 Å². The van der Waals surface area contributed by atoms with E-state index in [4.69, 9.17) is 0 Å². The molecule has 0 unspecified atom stereocenters. The molecule has 96 valence electrons. The molecule has 0 aromatic rings. The van der Waals surface area contributed by atoms with Crippen LogP contribution < -0.4 is 0 Å². The average molecular weight is 236 g/mol. The molecule has 0 aromatic carbocycles. The molecule has 0 fully saturated rings. The Morgan fingerprint density at radius 1 is 1.59 bits per heavy atom. The largest absolute Gasteiger partial charge is 0.389 e. The third-order valence-electron chi connectivity index (χ3n) is 3.63. The van der Waals surface area contributed by atoms with E-state index in [1.807, 2.05) is 0 Å². The maximum atomic E-state index is 11.6. The van der Waals surface area contributed by atoms with Crippen molar-refractivity contribution in [2.24, 2.45) is 11.8 Å². The lowest BCUT2D eigenvalue weighted by atomic mass is 9.77. The van der Waals surface area contributed by atoms with Crippen LogP contribution in [-0.2, 0) is 4.79 Å². The molecule has 1 N–H and O–H groups in total. The summed E-state index contributed by atoms with van der Waals surface area (Å²) in [5, 5.41) is 9.99. The second-order valence-electron chi connectivity index (χ2n) is 5.47. The molecule has 2 nitrogen and oxygen atoms in total. The van der Waals surface area contributed by atoms with Gasteiger partial charge in [0.25, 0.3) is 0 Å². The normalized spacial score (nSPS) is 26.4. The van der Waals surface area contributed by atoms with Crippen LogP contribution in [0.15, 0.2) is 23.3 Å². The number of rotatable bonds is 4. The summed E-state index contributed by atoms with van der Waals surface area (Å²) in [6.07, 6.45) is 6.05. The first-order valence-corrected chi connectivity index (χ1v) is 6.45. The van der Waals surface area contributed by atoms with Gasteiger partial charge in [0.2, 0.25) is 0 Å². The highest BCUT2D eigenvalue weighted by atomic mass is 16.3. The molecule has 1 rings (SSSR count). The molecule has 1 aliphatic carbocycles. The van der Waals surface area contributed by atoms with Crippen molar-refractivity contribution in [1.29, 1.82) is 0 Å². The monoisotopic (exact) mass is 236 g/mol. The number of carbonyl (C=O) groups excluding carboxylic acids is 1. The fourth-order valence-corrected chi connectivity index (χ4v) is 2.36. The molecule has 0 aliphatic heterocycles. The lowest BCUT2D eigenvalue weighted by Gasteiger charge is -2.30. The second kappa shape index (κ2) is 6.15. The van der Waals surface area contributed by atoms with Gasteiger partial charge in [-0.3, -0.25) is 4.79 Å². The number of Topliss-reactive ketones (excluding diaryl/α,β-unsaturated/α-hetero) is 1. The molecule has 0 bridgehead atoms. The molecular weight excluding hydrogens is 212 g/mol. The predicted octanol–water partition coefficient (Wildman–Crippen LogP) is 3.27. The number of aliphatic hydroxyl groups is 1. The molecule has 0 spiro atoms. The van der Waals surface area contributed by atoms with Gasteiger partial charge in [-0.05, 0) is 57.1 Å². The van der Waals surface area contributed by atoms with Crippen LogP contribution in [0.25, 0.3) is 0 Å². The van der Waals surface area contributed by atoms with E-state index in [2.05, 4.69) is 26.8 Å². The number of hydrogen-bond acceptors (Lipinski definition) is 2. The Morgan fingerprint density at radius 3 is 2.82 bits per heavy atom. The zero-order chi connectivity index (χ0) is 13.0. The van der Waals surface area contributed by atoms with Crippen molar-refractivity contribution < 1.29 is 9.90 Å². The van der Waals surface area contributed by atoms with Gasteiger partial charge in [0.05, 0.1) is 6.10 Å². The van der Waals surface area contributed by atoms with Crippen molar-refractivity contribution >= 4 is 5.78 Å². The first-order chi connectivity index (χ1) is 7.91. The third kappa shape index (κ3) is 4.12. The number of ketones is 1. The molecule has 17 heavy (non-hydrogen) atoms. The second-order valence-corrected chi connectivity index (χ2v) is 5.47. The summed E-state index contributed by atoms with van der Waals surface area (Å²) in [5.74, 6) is 0.667. The van der Waals surface area contributed by atoms with Crippen molar-refractivity contribution in [3.63, 3.8) is 0 Å². The van der Waals surface area contributed by atoms with Crippen LogP contribution in [0.5, 0.6) is 0 Å². The summed E-state index contributed by atoms with van der Waals surface area (Å²) in [7, 11) is 0. The Labute approximate surface area is 104 Å². The minimum absolute atomic E-state index is 0.0942. The van der Waals surface area contributed by atoms with E-state index in [0.29, 0.717) is 17.9 Å². The maximum Gasteiger partial charge on any atom is 0.158 e. The van der Waals surface area contributed by atoms with Crippen LogP contribution in [0, 0.1) is 11.8 Å². The Bertz CT molecular complexity index is 335. The van der Waals surface area contributed by atoms with E-state index >= 15 is 0 Å². The smallest absolute Gasteiger partial charge is 0.158 e.